The average molecular weight is 336 g/mol. The fourth-order valence-electron chi connectivity index (χ4n) is 3.57. The molecule has 0 N–H and O–H groups in total. The molecule has 1 aromatic heterocycles. The molecule has 2 heterocycles. The summed E-state index contributed by atoms with van der Waals surface area (Å²) in [4.78, 5) is 25.0. The topological polar surface area (TPSA) is 76.6 Å². The number of nitro groups is 1. The third-order valence-electron chi connectivity index (χ3n) is 4.72. The van der Waals surface area contributed by atoms with Crippen molar-refractivity contribution in [1.29, 1.82) is 0 Å². The van der Waals surface area contributed by atoms with Gasteiger partial charge >= 0.3 is 11.3 Å². The van der Waals surface area contributed by atoms with Crippen molar-refractivity contribution >= 4 is 22.3 Å². The van der Waals surface area contributed by atoms with E-state index >= 15 is 0 Å². The van der Waals surface area contributed by atoms with Crippen molar-refractivity contribution in [2.24, 2.45) is 0 Å². The van der Waals surface area contributed by atoms with Crippen LogP contribution in [0, 0.1) is 10.1 Å². The Hall–Kier alpha value is -3.15. The van der Waals surface area contributed by atoms with Gasteiger partial charge in [-0.2, -0.15) is 0 Å². The van der Waals surface area contributed by atoms with E-state index in [2.05, 4.69) is 12.1 Å². The van der Waals surface area contributed by atoms with E-state index in [0.29, 0.717) is 29.7 Å². The van der Waals surface area contributed by atoms with Crippen molar-refractivity contribution in [2.45, 2.75) is 12.3 Å². The van der Waals surface area contributed by atoms with Crippen LogP contribution in [0.15, 0.2) is 63.8 Å². The lowest BCUT2D eigenvalue weighted by atomic mass is 9.99. The van der Waals surface area contributed by atoms with E-state index in [1.165, 1.54) is 5.56 Å². The maximum atomic E-state index is 12.2. The van der Waals surface area contributed by atoms with Crippen LogP contribution in [0.1, 0.15) is 17.9 Å². The predicted octanol–water partition coefficient (Wildman–Crippen LogP) is 3.70. The summed E-state index contributed by atoms with van der Waals surface area (Å²) in [5.41, 5.74) is 0.570. The normalized spacial score (nSPS) is 17.1. The smallest absolute Gasteiger partial charge is 0.417 e. The number of rotatable bonds is 3. The Balaban J connectivity index is 1.82. The van der Waals surface area contributed by atoms with E-state index in [9.17, 15) is 14.9 Å². The Morgan fingerprint density at radius 1 is 1.08 bits per heavy atom. The summed E-state index contributed by atoms with van der Waals surface area (Å²) >= 11 is 0. The molecule has 0 aliphatic carbocycles. The number of nitrogens with zero attached hydrogens (tertiary/aromatic N) is 2. The molecule has 1 fully saturated rings. The first-order valence-electron chi connectivity index (χ1n) is 8.15. The Kier molecular flexibility index (Phi) is 3.72. The summed E-state index contributed by atoms with van der Waals surface area (Å²) in [7, 11) is 0. The molecular weight excluding hydrogens is 320 g/mol. The Morgan fingerprint density at radius 2 is 1.80 bits per heavy atom. The highest BCUT2D eigenvalue weighted by molar-refractivity contribution is 5.95. The number of hydrogen-bond acceptors (Lipinski definition) is 5. The van der Waals surface area contributed by atoms with Gasteiger partial charge in [-0.25, -0.2) is 4.79 Å². The highest BCUT2D eigenvalue weighted by Gasteiger charge is 2.33. The predicted molar refractivity (Wildman–Crippen MR) is 95.2 cm³/mol. The number of benzene rings is 2. The average Bonchev–Trinajstić information content (AvgIpc) is 3.10. The van der Waals surface area contributed by atoms with Gasteiger partial charge in [-0.05, 0) is 24.1 Å². The van der Waals surface area contributed by atoms with Crippen LogP contribution >= 0.6 is 0 Å². The molecule has 1 unspecified atom stereocenters. The van der Waals surface area contributed by atoms with E-state index in [1.807, 2.05) is 23.1 Å². The molecule has 3 aromatic rings. The van der Waals surface area contributed by atoms with Gasteiger partial charge in [0, 0.05) is 24.4 Å². The molecule has 1 saturated heterocycles. The molecule has 0 radical (unpaired) electrons. The fraction of sp³-hybridized carbons (Fsp3) is 0.211. The van der Waals surface area contributed by atoms with E-state index in [0.717, 1.165) is 6.42 Å². The minimum absolute atomic E-state index is 0.284. The quantitative estimate of drug-likeness (QED) is 0.414. The molecule has 1 atom stereocenters. The summed E-state index contributed by atoms with van der Waals surface area (Å²) in [6, 6.07) is 17.1. The van der Waals surface area contributed by atoms with Crippen molar-refractivity contribution in [3.05, 3.63) is 80.7 Å². The first-order chi connectivity index (χ1) is 12.1. The summed E-state index contributed by atoms with van der Waals surface area (Å²) in [6.45, 7) is 1.30. The zero-order chi connectivity index (χ0) is 17.4. The minimum Gasteiger partial charge on any atom is -0.418 e. The second kappa shape index (κ2) is 6.05. The first-order valence-corrected chi connectivity index (χ1v) is 8.15. The van der Waals surface area contributed by atoms with Crippen molar-refractivity contribution < 1.29 is 9.34 Å². The number of hydrogen-bond donors (Lipinski definition) is 0. The molecule has 0 bridgehead atoms. The zero-order valence-electron chi connectivity index (χ0n) is 13.4. The maximum absolute atomic E-state index is 12.2. The van der Waals surface area contributed by atoms with Crippen LogP contribution in [0.2, 0.25) is 0 Å². The third kappa shape index (κ3) is 2.65. The molecule has 2 aromatic carbocycles. The van der Waals surface area contributed by atoms with Crippen LogP contribution in [0.5, 0.6) is 0 Å². The highest BCUT2D eigenvalue weighted by atomic mass is 16.6. The third-order valence-corrected chi connectivity index (χ3v) is 4.72. The summed E-state index contributed by atoms with van der Waals surface area (Å²) < 4.78 is 5.14. The molecule has 0 saturated carbocycles. The van der Waals surface area contributed by atoms with E-state index in [4.69, 9.17) is 4.42 Å². The van der Waals surface area contributed by atoms with Gasteiger partial charge in [-0.1, -0.05) is 42.5 Å². The highest BCUT2D eigenvalue weighted by Crippen LogP contribution is 2.38. The minimum atomic E-state index is -0.901. The molecule has 126 valence electrons. The van der Waals surface area contributed by atoms with Gasteiger partial charge in [0.15, 0.2) is 0 Å². The lowest BCUT2D eigenvalue weighted by Crippen LogP contribution is -2.23. The standard InChI is InChI=1S/C19H16N2O4/c22-19-18(21(23)24)17(15-8-4-5-9-16(15)25-19)20-11-10-14(12-20)13-6-2-1-3-7-13/h1-9,14H,10-12H2. The maximum Gasteiger partial charge on any atom is 0.417 e. The van der Waals surface area contributed by atoms with Crippen molar-refractivity contribution in [1.82, 2.24) is 0 Å². The summed E-state index contributed by atoms with van der Waals surface area (Å²) in [5.74, 6) is 0.284. The zero-order valence-corrected chi connectivity index (χ0v) is 13.4. The van der Waals surface area contributed by atoms with E-state index < -0.39 is 16.2 Å². The molecule has 6 heteroatoms. The van der Waals surface area contributed by atoms with Gasteiger partial charge in [0.25, 0.3) is 0 Å². The van der Waals surface area contributed by atoms with E-state index in [1.54, 1.807) is 24.3 Å². The van der Waals surface area contributed by atoms with Crippen molar-refractivity contribution in [2.75, 3.05) is 18.0 Å². The molecule has 4 rings (SSSR count). The second-order valence-electron chi connectivity index (χ2n) is 6.18. The molecule has 6 nitrogen and oxygen atoms in total. The SMILES string of the molecule is O=c1oc2ccccc2c(N2CCC(c3ccccc3)C2)c1[N+](=O)[O-]. The summed E-state index contributed by atoms with van der Waals surface area (Å²) in [6.07, 6.45) is 0.885. The van der Waals surface area contributed by atoms with Gasteiger partial charge in [-0.3, -0.25) is 10.1 Å². The number of para-hydroxylation sites is 1. The summed E-state index contributed by atoms with van der Waals surface area (Å²) in [5, 5.41) is 12.1. The van der Waals surface area contributed by atoms with Gasteiger partial charge in [0.2, 0.25) is 0 Å². The first kappa shape index (κ1) is 15.4. The molecule has 1 aliphatic heterocycles. The van der Waals surface area contributed by atoms with Crippen LogP contribution in [-0.4, -0.2) is 18.0 Å². The van der Waals surface area contributed by atoms with Gasteiger partial charge < -0.3 is 9.32 Å². The van der Waals surface area contributed by atoms with E-state index in [-0.39, 0.29) is 5.92 Å². The van der Waals surface area contributed by atoms with Gasteiger partial charge in [-0.15, -0.1) is 0 Å². The fourth-order valence-corrected chi connectivity index (χ4v) is 3.57. The number of fused-ring (bicyclic) bond motifs is 1. The Labute approximate surface area is 143 Å². The lowest BCUT2D eigenvalue weighted by Gasteiger charge is -2.19. The van der Waals surface area contributed by atoms with Crippen molar-refractivity contribution in [3.63, 3.8) is 0 Å². The molecule has 25 heavy (non-hydrogen) atoms. The lowest BCUT2D eigenvalue weighted by molar-refractivity contribution is -0.386. The largest absolute Gasteiger partial charge is 0.418 e. The van der Waals surface area contributed by atoms with Crippen LogP contribution in [-0.2, 0) is 0 Å². The molecular formula is C19H16N2O4. The van der Waals surface area contributed by atoms with Crippen LogP contribution < -0.4 is 10.5 Å². The Bertz CT molecular complexity index is 997. The Morgan fingerprint density at radius 3 is 2.56 bits per heavy atom. The molecule has 1 aliphatic rings. The number of anilines is 1. The second-order valence-corrected chi connectivity index (χ2v) is 6.18. The molecule has 0 spiro atoms. The van der Waals surface area contributed by atoms with Crippen LogP contribution in [0.3, 0.4) is 0 Å². The van der Waals surface area contributed by atoms with Gasteiger partial charge in [0.1, 0.15) is 11.3 Å². The molecule has 0 amide bonds. The van der Waals surface area contributed by atoms with Gasteiger partial charge in [0.05, 0.1) is 4.92 Å². The van der Waals surface area contributed by atoms with Crippen LogP contribution in [0.25, 0.3) is 11.0 Å². The monoisotopic (exact) mass is 336 g/mol. The van der Waals surface area contributed by atoms with Crippen molar-refractivity contribution in [3.8, 4) is 0 Å². The van der Waals surface area contributed by atoms with Crippen LogP contribution in [0.4, 0.5) is 11.4 Å².